The zero-order chi connectivity index (χ0) is 11.4. The van der Waals surface area contributed by atoms with E-state index in [-0.39, 0.29) is 0 Å². The van der Waals surface area contributed by atoms with E-state index in [4.69, 9.17) is 15.2 Å². The quantitative estimate of drug-likeness (QED) is 0.641. The van der Waals surface area contributed by atoms with Gasteiger partial charge in [-0.3, -0.25) is 0 Å². The van der Waals surface area contributed by atoms with Gasteiger partial charge in [0.2, 0.25) is 0 Å². The van der Waals surface area contributed by atoms with Crippen LogP contribution in [0.15, 0.2) is 18.2 Å². The van der Waals surface area contributed by atoms with Crippen LogP contribution in [0.25, 0.3) is 10.2 Å². The van der Waals surface area contributed by atoms with E-state index >= 15 is 0 Å². The van der Waals surface area contributed by atoms with Gasteiger partial charge in [0.05, 0.1) is 16.8 Å². The molecule has 0 aliphatic heterocycles. The van der Waals surface area contributed by atoms with Crippen molar-refractivity contribution >= 4 is 27.2 Å². The summed E-state index contributed by atoms with van der Waals surface area (Å²) >= 11 is 1.52. The molecule has 2 rings (SSSR count). The van der Waals surface area contributed by atoms with Gasteiger partial charge in [-0.2, -0.15) is 0 Å². The Morgan fingerprint density at radius 2 is 2.25 bits per heavy atom. The Balaban J connectivity index is 2.02. The second-order valence-corrected chi connectivity index (χ2v) is 4.39. The summed E-state index contributed by atoms with van der Waals surface area (Å²) in [4.78, 5) is 4.35. The minimum absolute atomic E-state index is 0.628. The van der Waals surface area contributed by atoms with Crippen molar-refractivity contribution in [1.29, 1.82) is 0 Å². The molecule has 2 N–H and O–H groups in total. The third-order valence-electron chi connectivity index (χ3n) is 2.11. The largest absolute Gasteiger partial charge is 0.470 e. The first-order valence-electron chi connectivity index (χ1n) is 5.07. The average molecular weight is 238 g/mol. The standard InChI is InChI=1S/C11H14N2O2S/c1-14-5-2-6-15-11-13-9-4-3-8(12)7-10(9)16-11/h3-4,7H,2,5-6,12H2,1H3. The molecular formula is C11H14N2O2S. The number of thiazole rings is 1. The number of hydrogen-bond donors (Lipinski definition) is 1. The van der Waals surface area contributed by atoms with Gasteiger partial charge in [0.1, 0.15) is 0 Å². The number of nitrogens with zero attached hydrogens (tertiary/aromatic N) is 1. The van der Waals surface area contributed by atoms with Crippen LogP contribution >= 0.6 is 11.3 Å². The highest BCUT2D eigenvalue weighted by atomic mass is 32.1. The molecule has 16 heavy (non-hydrogen) atoms. The SMILES string of the molecule is COCCCOc1nc2ccc(N)cc2s1. The number of aromatic nitrogens is 1. The lowest BCUT2D eigenvalue weighted by Crippen LogP contribution is -2.00. The first-order chi connectivity index (χ1) is 7.79. The zero-order valence-corrected chi connectivity index (χ0v) is 9.92. The monoisotopic (exact) mass is 238 g/mol. The van der Waals surface area contributed by atoms with Gasteiger partial charge in [-0.15, -0.1) is 0 Å². The molecule has 5 heteroatoms. The lowest BCUT2D eigenvalue weighted by molar-refractivity contribution is 0.172. The maximum absolute atomic E-state index is 5.69. The molecule has 2 aromatic rings. The van der Waals surface area contributed by atoms with Gasteiger partial charge in [0, 0.05) is 25.8 Å². The molecular weight excluding hydrogens is 224 g/mol. The Morgan fingerprint density at radius 1 is 1.38 bits per heavy atom. The molecule has 0 saturated heterocycles. The van der Waals surface area contributed by atoms with E-state index in [1.807, 2.05) is 18.2 Å². The molecule has 4 nitrogen and oxygen atoms in total. The second kappa shape index (κ2) is 5.14. The third kappa shape index (κ3) is 2.62. The van der Waals surface area contributed by atoms with Gasteiger partial charge in [-0.25, -0.2) is 4.98 Å². The lowest BCUT2D eigenvalue weighted by Gasteiger charge is -2.00. The highest BCUT2D eigenvalue weighted by molar-refractivity contribution is 7.20. The Hall–Kier alpha value is -1.33. The number of nitrogen functional groups attached to an aromatic ring is 1. The van der Waals surface area contributed by atoms with E-state index in [0.717, 1.165) is 22.3 Å². The molecule has 0 radical (unpaired) electrons. The molecule has 0 unspecified atom stereocenters. The van der Waals surface area contributed by atoms with Crippen molar-refractivity contribution in [3.8, 4) is 5.19 Å². The molecule has 0 atom stereocenters. The summed E-state index contributed by atoms with van der Waals surface area (Å²) in [6.07, 6.45) is 0.870. The van der Waals surface area contributed by atoms with E-state index < -0.39 is 0 Å². The molecule has 0 aliphatic carbocycles. The summed E-state index contributed by atoms with van der Waals surface area (Å²) in [7, 11) is 1.68. The fraction of sp³-hybridized carbons (Fsp3) is 0.364. The van der Waals surface area contributed by atoms with E-state index in [1.54, 1.807) is 7.11 Å². The normalized spacial score (nSPS) is 10.8. The van der Waals surface area contributed by atoms with Gasteiger partial charge >= 0.3 is 0 Å². The van der Waals surface area contributed by atoms with E-state index in [1.165, 1.54) is 11.3 Å². The average Bonchev–Trinajstić information content (AvgIpc) is 2.66. The van der Waals surface area contributed by atoms with E-state index in [0.29, 0.717) is 18.4 Å². The lowest BCUT2D eigenvalue weighted by atomic mass is 10.3. The molecule has 1 heterocycles. The topological polar surface area (TPSA) is 57.4 Å². The summed E-state index contributed by atoms with van der Waals surface area (Å²) in [5.74, 6) is 0. The number of benzene rings is 1. The van der Waals surface area contributed by atoms with Gasteiger partial charge in [-0.05, 0) is 18.2 Å². The number of rotatable bonds is 5. The van der Waals surface area contributed by atoms with Crippen LogP contribution < -0.4 is 10.5 Å². The van der Waals surface area contributed by atoms with Crippen molar-refractivity contribution in [3.05, 3.63) is 18.2 Å². The molecule has 0 aliphatic rings. The van der Waals surface area contributed by atoms with E-state index in [9.17, 15) is 0 Å². The smallest absolute Gasteiger partial charge is 0.274 e. The summed E-state index contributed by atoms with van der Waals surface area (Å²) in [5.41, 5.74) is 7.38. The summed E-state index contributed by atoms with van der Waals surface area (Å²) in [6.45, 7) is 1.33. The van der Waals surface area contributed by atoms with Crippen molar-refractivity contribution in [2.45, 2.75) is 6.42 Å². The van der Waals surface area contributed by atoms with Crippen LogP contribution in [0.4, 0.5) is 5.69 Å². The molecule has 86 valence electrons. The minimum atomic E-state index is 0.628. The maximum atomic E-state index is 5.69. The summed E-state index contributed by atoms with van der Waals surface area (Å²) in [6, 6.07) is 5.66. The highest BCUT2D eigenvalue weighted by Gasteiger charge is 2.04. The molecule has 0 fully saturated rings. The van der Waals surface area contributed by atoms with Crippen LogP contribution in [0.5, 0.6) is 5.19 Å². The van der Waals surface area contributed by atoms with Crippen LogP contribution in [-0.4, -0.2) is 25.3 Å². The van der Waals surface area contributed by atoms with Gasteiger partial charge in [0.25, 0.3) is 5.19 Å². The first-order valence-corrected chi connectivity index (χ1v) is 5.89. The van der Waals surface area contributed by atoms with Crippen LogP contribution in [0.2, 0.25) is 0 Å². The minimum Gasteiger partial charge on any atom is -0.470 e. The molecule has 0 spiro atoms. The Morgan fingerprint density at radius 3 is 3.06 bits per heavy atom. The number of fused-ring (bicyclic) bond motifs is 1. The highest BCUT2D eigenvalue weighted by Crippen LogP contribution is 2.29. The van der Waals surface area contributed by atoms with Gasteiger partial charge in [-0.1, -0.05) is 11.3 Å². The predicted molar refractivity (Wildman–Crippen MR) is 66.0 cm³/mol. The third-order valence-corrected chi connectivity index (χ3v) is 3.04. The summed E-state index contributed by atoms with van der Waals surface area (Å²) < 4.78 is 11.5. The Kier molecular flexibility index (Phi) is 3.58. The Labute approximate surface area is 98.0 Å². The molecule has 1 aromatic heterocycles. The number of anilines is 1. The van der Waals surface area contributed by atoms with Crippen LogP contribution in [0, 0.1) is 0 Å². The van der Waals surface area contributed by atoms with Crippen molar-refractivity contribution in [1.82, 2.24) is 4.98 Å². The molecule has 0 bridgehead atoms. The molecule has 1 aromatic carbocycles. The fourth-order valence-electron chi connectivity index (χ4n) is 1.34. The number of methoxy groups -OCH3 is 1. The van der Waals surface area contributed by atoms with Gasteiger partial charge in [0.15, 0.2) is 0 Å². The fourth-order valence-corrected chi connectivity index (χ4v) is 2.23. The number of ether oxygens (including phenoxy) is 2. The zero-order valence-electron chi connectivity index (χ0n) is 9.10. The molecule has 0 saturated carbocycles. The van der Waals surface area contributed by atoms with E-state index in [2.05, 4.69) is 4.98 Å². The van der Waals surface area contributed by atoms with Gasteiger partial charge < -0.3 is 15.2 Å². The number of nitrogens with two attached hydrogens (primary N) is 1. The van der Waals surface area contributed by atoms with Crippen molar-refractivity contribution < 1.29 is 9.47 Å². The maximum Gasteiger partial charge on any atom is 0.274 e. The van der Waals surface area contributed by atoms with Crippen LogP contribution in [0.1, 0.15) is 6.42 Å². The predicted octanol–water partition coefficient (Wildman–Crippen LogP) is 2.29. The van der Waals surface area contributed by atoms with Crippen molar-refractivity contribution in [2.75, 3.05) is 26.1 Å². The molecule has 0 amide bonds. The van der Waals surface area contributed by atoms with Crippen molar-refractivity contribution in [3.63, 3.8) is 0 Å². The van der Waals surface area contributed by atoms with Crippen LogP contribution in [0.3, 0.4) is 0 Å². The second-order valence-electron chi connectivity index (χ2n) is 3.40. The number of hydrogen-bond acceptors (Lipinski definition) is 5. The Bertz CT molecular complexity index is 470. The summed E-state index contributed by atoms with van der Waals surface area (Å²) in [5, 5.41) is 0.691. The van der Waals surface area contributed by atoms with Crippen molar-refractivity contribution in [2.24, 2.45) is 0 Å². The first kappa shape index (κ1) is 11.2. The van der Waals surface area contributed by atoms with Crippen LogP contribution in [-0.2, 0) is 4.74 Å².